The summed E-state index contributed by atoms with van der Waals surface area (Å²) in [4.78, 5) is 8.34. The Morgan fingerprint density at radius 3 is 2.52 bits per heavy atom. The lowest BCUT2D eigenvalue weighted by Crippen LogP contribution is -3.27. The van der Waals surface area contributed by atoms with Crippen molar-refractivity contribution >= 4 is 16.8 Å². The normalized spacial score (nSPS) is 22.1. The number of hydrogen-bond acceptors (Lipinski definition) is 1. The van der Waals surface area contributed by atoms with E-state index in [1.165, 1.54) is 43.9 Å². The number of piperazine rings is 1. The van der Waals surface area contributed by atoms with E-state index in [1.54, 1.807) is 9.80 Å². The predicted molar refractivity (Wildman–Crippen MR) is 102 cm³/mol. The quantitative estimate of drug-likeness (QED) is 0.690. The number of benzene rings is 1. The Kier molecular flexibility index (Phi) is 4.08. The summed E-state index contributed by atoms with van der Waals surface area (Å²) in [5.41, 5.74) is 3.78. The summed E-state index contributed by atoms with van der Waals surface area (Å²) in [5, 5.41) is 0. The molecule has 0 bridgehead atoms. The van der Waals surface area contributed by atoms with Crippen molar-refractivity contribution in [2.24, 2.45) is 0 Å². The monoisotopic (exact) mass is 341 g/mol. The molecule has 2 N–H and O–H groups in total. The van der Waals surface area contributed by atoms with Crippen molar-refractivity contribution in [1.29, 1.82) is 0 Å². The molecular weight excluding hydrogens is 310 g/mol. The number of fused-ring (bicyclic) bond motifs is 3. The Morgan fingerprint density at radius 2 is 1.80 bits per heavy atom. The van der Waals surface area contributed by atoms with Gasteiger partial charge < -0.3 is 14.4 Å². The molecule has 5 nitrogen and oxygen atoms in total. The molecule has 5 heteroatoms. The van der Waals surface area contributed by atoms with E-state index in [4.69, 9.17) is 4.98 Å². The fraction of sp³-hybridized carbons (Fsp3) is 0.550. The van der Waals surface area contributed by atoms with Crippen LogP contribution in [-0.4, -0.2) is 53.7 Å². The van der Waals surface area contributed by atoms with Crippen molar-refractivity contribution in [2.45, 2.75) is 32.7 Å². The SMILES string of the molecule is C[NH+]1CC[NH+](CCn2c(C(C)(C)C)cn3c4ccccc4nc23)CC1. The number of nitrogens with zero attached hydrogens (tertiary/aromatic N) is 3. The second kappa shape index (κ2) is 6.15. The maximum Gasteiger partial charge on any atom is 0.215 e. The van der Waals surface area contributed by atoms with Crippen LogP contribution in [0.5, 0.6) is 0 Å². The van der Waals surface area contributed by atoms with E-state index in [9.17, 15) is 0 Å². The zero-order valence-corrected chi connectivity index (χ0v) is 16.0. The van der Waals surface area contributed by atoms with E-state index in [2.05, 4.69) is 67.2 Å². The average Bonchev–Trinajstić information content (AvgIpc) is 3.10. The summed E-state index contributed by atoms with van der Waals surface area (Å²) < 4.78 is 4.73. The third-order valence-corrected chi connectivity index (χ3v) is 5.63. The topological polar surface area (TPSA) is 31.1 Å². The van der Waals surface area contributed by atoms with Crippen LogP contribution in [0.3, 0.4) is 0 Å². The fourth-order valence-electron chi connectivity index (χ4n) is 4.02. The lowest BCUT2D eigenvalue weighted by molar-refractivity contribution is -1.00. The standard InChI is InChI=1S/C20H29N5/c1-20(2,3)18-15-25-17-8-6-5-7-16(17)21-19(25)24(18)14-13-23-11-9-22(4)10-12-23/h5-8,15H,9-14H2,1-4H3/p+2. The summed E-state index contributed by atoms with van der Waals surface area (Å²) in [7, 11) is 2.31. The van der Waals surface area contributed by atoms with Crippen LogP contribution in [0.25, 0.3) is 16.8 Å². The number of likely N-dealkylation sites (N-methyl/N-ethyl adjacent to an activating group) is 1. The number of para-hydroxylation sites is 2. The van der Waals surface area contributed by atoms with Gasteiger partial charge >= 0.3 is 0 Å². The minimum Gasteiger partial charge on any atom is -0.328 e. The van der Waals surface area contributed by atoms with Gasteiger partial charge in [-0.25, -0.2) is 4.98 Å². The number of imidazole rings is 2. The summed E-state index contributed by atoms with van der Waals surface area (Å²) in [6.45, 7) is 14.3. The van der Waals surface area contributed by atoms with Gasteiger partial charge in [-0.2, -0.15) is 0 Å². The van der Waals surface area contributed by atoms with Crippen molar-refractivity contribution < 1.29 is 9.80 Å². The van der Waals surface area contributed by atoms with E-state index in [0.29, 0.717) is 0 Å². The van der Waals surface area contributed by atoms with Crippen molar-refractivity contribution in [3.8, 4) is 0 Å². The number of rotatable bonds is 3. The summed E-state index contributed by atoms with van der Waals surface area (Å²) in [6.07, 6.45) is 2.30. The predicted octanol–water partition coefficient (Wildman–Crippen LogP) is -0.000300. The molecule has 1 saturated heterocycles. The highest BCUT2D eigenvalue weighted by atomic mass is 15.3. The van der Waals surface area contributed by atoms with Gasteiger partial charge in [0.25, 0.3) is 0 Å². The van der Waals surface area contributed by atoms with Gasteiger partial charge in [-0.1, -0.05) is 32.9 Å². The summed E-state index contributed by atoms with van der Waals surface area (Å²) in [5.74, 6) is 1.09. The Balaban J connectivity index is 1.69. The van der Waals surface area contributed by atoms with Crippen molar-refractivity contribution in [1.82, 2.24) is 14.0 Å². The van der Waals surface area contributed by atoms with Gasteiger partial charge in [-0.15, -0.1) is 0 Å². The molecule has 4 rings (SSSR count). The lowest BCUT2D eigenvalue weighted by Gasteiger charge is -2.28. The molecule has 0 saturated carbocycles. The number of nitrogens with one attached hydrogen (secondary N) is 2. The molecule has 3 heterocycles. The van der Waals surface area contributed by atoms with Crippen molar-refractivity contribution in [3.05, 3.63) is 36.2 Å². The molecule has 0 amide bonds. The number of quaternary nitrogens is 2. The molecule has 0 radical (unpaired) electrons. The van der Waals surface area contributed by atoms with Gasteiger partial charge in [0.15, 0.2) is 0 Å². The number of aromatic nitrogens is 3. The largest absolute Gasteiger partial charge is 0.328 e. The van der Waals surface area contributed by atoms with Gasteiger partial charge in [0, 0.05) is 17.3 Å². The molecule has 1 aromatic carbocycles. The van der Waals surface area contributed by atoms with E-state index in [0.717, 1.165) is 17.8 Å². The van der Waals surface area contributed by atoms with Crippen molar-refractivity contribution in [3.63, 3.8) is 0 Å². The molecule has 0 spiro atoms. The summed E-state index contributed by atoms with van der Waals surface area (Å²) in [6, 6.07) is 8.44. The second-order valence-electron chi connectivity index (χ2n) is 8.64. The highest BCUT2D eigenvalue weighted by Crippen LogP contribution is 2.27. The molecule has 1 aliphatic rings. The van der Waals surface area contributed by atoms with E-state index >= 15 is 0 Å². The van der Waals surface area contributed by atoms with E-state index in [1.807, 2.05) is 0 Å². The zero-order valence-electron chi connectivity index (χ0n) is 16.0. The molecule has 25 heavy (non-hydrogen) atoms. The van der Waals surface area contributed by atoms with Crippen LogP contribution in [0.15, 0.2) is 30.5 Å². The van der Waals surface area contributed by atoms with Crippen LogP contribution in [0, 0.1) is 0 Å². The smallest absolute Gasteiger partial charge is 0.215 e. The fourth-order valence-corrected chi connectivity index (χ4v) is 4.02. The molecule has 2 aromatic heterocycles. The van der Waals surface area contributed by atoms with Crippen LogP contribution in [-0.2, 0) is 12.0 Å². The molecule has 3 aromatic rings. The van der Waals surface area contributed by atoms with Crippen LogP contribution < -0.4 is 9.80 Å². The third-order valence-electron chi connectivity index (χ3n) is 5.63. The first-order chi connectivity index (χ1) is 11.9. The van der Waals surface area contributed by atoms with Gasteiger partial charge in [0.1, 0.15) is 26.2 Å². The zero-order chi connectivity index (χ0) is 17.6. The van der Waals surface area contributed by atoms with Gasteiger partial charge in [-0.3, -0.25) is 4.40 Å². The molecule has 0 atom stereocenters. The second-order valence-corrected chi connectivity index (χ2v) is 8.64. The molecule has 0 unspecified atom stereocenters. The Bertz CT molecular complexity index is 875. The first kappa shape index (κ1) is 16.6. The molecule has 1 aliphatic heterocycles. The highest BCUT2D eigenvalue weighted by molar-refractivity contribution is 5.79. The van der Waals surface area contributed by atoms with Crippen LogP contribution in [0.1, 0.15) is 26.5 Å². The third kappa shape index (κ3) is 3.07. The molecule has 0 aliphatic carbocycles. The van der Waals surface area contributed by atoms with Gasteiger partial charge in [0.05, 0.1) is 31.2 Å². The van der Waals surface area contributed by atoms with Crippen molar-refractivity contribution in [2.75, 3.05) is 39.8 Å². The Morgan fingerprint density at radius 1 is 1.08 bits per heavy atom. The maximum atomic E-state index is 4.94. The first-order valence-corrected chi connectivity index (χ1v) is 9.55. The van der Waals surface area contributed by atoms with E-state index < -0.39 is 0 Å². The van der Waals surface area contributed by atoms with Crippen LogP contribution >= 0.6 is 0 Å². The van der Waals surface area contributed by atoms with E-state index in [-0.39, 0.29) is 5.41 Å². The minimum absolute atomic E-state index is 0.114. The molecule has 134 valence electrons. The minimum atomic E-state index is 0.114. The Hall–Kier alpha value is -1.85. The van der Waals surface area contributed by atoms with Crippen LogP contribution in [0.4, 0.5) is 0 Å². The molecular formula is C20H31N5+2. The first-order valence-electron chi connectivity index (χ1n) is 9.55. The van der Waals surface area contributed by atoms with Crippen LogP contribution in [0.2, 0.25) is 0 Å². The lowest BCUT2D eigenvalue weighted by atomic mass is 9.92. The molecule has 1 fully saturated rings. The number of hydrogen-bond donors (Lipinski definition) is 2. The maximum absolute atomic E-state index is 4.94. The van der Waals surface area contributed by atoms with Gasteiger partial charge in [0.2, 0.25) is 5.78 Å². The Labute approximate surface area is 149 Å². The highest BCUT2D eigenvalue weighted by Gasteiger charge is 2.25. The van der Waals surface area contributed by atoms with Gasteiger partial charge in [-0.05, 0) is 12.1 Å². The summed E-state index contributed by atoms with van der Waals surface area (Å²) >= 11 is 0. The average molecular weight is 342 g/mol.